The second-order valence-corrected chi connectivity index (χ2v) is 5.51. The summed E-state index contributed by atoms with van der Waals surface area (Å²) in [7, 11) is 0. The highest BCUT2D eigenvalue weighted by Gasteiger charge is 2.11. The number of carbonyl (C=O) groups excluding carboxylic acids is 1. The number of rotatable bonds is 2. The summed E-state index contributed by atoms with van der Waals surface area (Å²) in [5, 5.41) is 2.51. The molecule has 19 heavy (non-hydrogen) atoms. The van der Waals surface area contributed by atoms with Crippen LogP contribution in [0.5, 0.6) is 0 Å². The number of anilines is 1. The van der Waals surface area contributed by atoms with Crippen LogP contribution in [0.25, 0.3) is 0 Å². The molecular formula is C13H7Br2F2NO. The summed E-state index contributed by atoms with van der Waals surface area (Å²) in [6.07, 6.45) is 0. The molecule has 0 spiro atoms. The van der Waals surface area contributed by atoms with Crippen molar-refractivity contribution in [1.29, 1.82) is 0 Å². The topological polar surface area (TPSA) is 29.1 Å². The van der Waals surface area contributed by atoms with Crippen molar-refractivity contribution in [2.75, 3.05) is 5.32 Å². The summed E-state index contributed by atoms with van der Waals surface area (Å²) in [4.78, 5) is 11.9. The molecule has 1 N–H and O–H groups in total. The van der Waals surface area contributed by atoms with Crippen LogP contribution in [-0.4, -0.2) is 5.91 Å². The fourth-order valence-corrected chi connectivity index (χ4v) is 2.28. The predicted octanol–water partition coefficient (Wildman–Crippen LogP) is 4.74. The van der Waals surface area contributed by atoms with Crippen LogP contribution in [0, 0.1) is 11.6 Å². The van der Waals surface area contributed by atoms with Crippen LogP contribution in [0.15, 0.2) is 45.3 Å². The van der Waals surface area contributed by atoms with E-state index in [0.717, 1.165) is 6.07 Å². The van der Waals surface area contributed by atoms with E-state index in [1.807, 2.05) is 0 Å². The van der Waals surface area contributed by atoms with E-state index in [-0.39, 0.29) is 11.3 Å². The summed E-state index contributed by atoms with van der Waals surface area (Å²) < 4.78 is 27.3. The maximum Gasteiger partial charge on any atom is 0.255 e. The minimum Gasteiger partial charge on any atom is -0.321 e. The highest BCUT2D eigenvalue weighted by Crippen LogP contribution is 2.24. The summed E-state index contributed by atoms with van der Waals surface area (Å²) in [6.45, 7) is 0. The van der Waals surface area contributed by atoms with Gasteiger partial charge in [0.2, 0.25) is 0 Å². The molecule has 0 aliphatic carbocycles. The SMILES string of the molecule is O=C(Nc1cc(F)ccc1Br)c1cc(F)cc(Br)c1. The molecule has 0 fully saturated rings. The van der Waals surface area contributed by atoms with Crippen molar-refractivity contribution in [2.45, 2.75) is 0 Å². The zero-order valence-electron chi connectivity index (χ0n) is 9.38. The third-order valence-electron chi connectivity index (χ3n) is 2.30. The van der Waals surface area contributed by atoms with Gasteiger partial charge in [0.1, 0.15) is 11.6 Å². The van der Waals surface area contributed by atoms with Gasteiger partial charge in [-0.2, -0.15) is 0 Å². The molecule has 2 nitrogen and oxygen atoms in total. The zero-order chi connectivity index (χ0) is 14.0. The molecule has 2 aromatic rings. The third-order valence-corrected chi connectivity index (χ3v) is 3.45. The molecule has 0 radical (unpaired) electrons. The number of halogens is 4. The number of benzene rings is 2. The van der Waals surface area contributed by atoms with E-state index < -0.39 is 17.5 Å². The number of amides is 1. The number of hydrogen-bond donors (Lipinski definition) is 1. The van der Waals surface area contributed by atoms with Crippen molar-refractivity contribution in [3.8, 4) is 0 Å². The van der Waals surface area contributed by atoms with E-state index in [1.54, 1.807) is 0 Å². The maximum atomic E-state index is 13.2. The second kappa shape index (κ2) is 5.79. The molecule has 0 atom stereocenters. The molecule has 0 aliphatic rings. The van der Waals surface area contributed by atoms with Crippen LogP contribution in [0.4, 0.5) is 14.5 Å². The quantitative estimate of drug-likeness (QED) is 0.788. The highest BCUT2D eigenvalue weighted by atomic mass is 79.9. The van der Waals surface area contributed by atoms with Crippen molar-refractivity contribution in [1.82, 2.24) is 0 Å². The van der Waals surface area contributed by atoms with Gasteiger partial charge in [-0.05, 0) is 52.3 Å². The molecular weight excluding hydrogens is 384 g/mol. The van der Waals surface area contributed by atoms with Gasteiger partial charge in [0.25, 0.3) is 5.91 Å². The van der Waals surface area contributed by atoms with Crippen LogP contribution in [0.2, 0.25) is 0 Å². The average molecular weight is 391 g/mol. The van der Waals surface area contributed by atoms with Crippen LogP contribution < -0.4 is 5.32 Å². The van der Waals surface area contributed by atoms with Gasteiger partial charge in [-0.1, -0.05) is 15.9 Å². The molecule has 0 bridgehead atoms. The average Bonchev–Trinajstić information content (AvgIpc) is 2.32. The molecule has 6 heteroatoms. The van der Waals surface area contributed by atoms with Crippen molar-refractivity contribution in [3.05, 3.63) is 62.5 Å². The van der Waals surface area contributed by atoms with Gasteiger partial charge in [0.05, 0.1) is 5.69 Å². The first-order chi connectivity index (χ1) is 8.95. The second-order valence-electron chi connectivity index (χ2n) is 3.74. The van der Waals surface area contributed by atoms with Gasteiger partial charge in [0, 0.05) is 14.5 Å². The lowest BCUT2D eigenvalue weighted by molar-refractivity contribution is 0.102. The van der Waals surface area contributed by atoms with Gasteiger partial charge in [-0.25, -0.2) is 8.78 Å². The smallest absolute Gasteiger partial charge is 0.255 e. The molecule has 0 saturated carbocycles. The molecule has 1 amide bonds. The Kier molecular flexibility index (Phi) is 4.31. The third kappa shape index (κ3) is 3.61. The first kappa shape index (κ1) is 14.1. The lowest BCUT2D eigenvalue weighted by Gasteiger charge is -2.08. The summed E-state index contributed by atoms with van der Waals surface area (Å²) in [6, 6.07) is 7.75. The molecule has 98 valence electrons. The molecule has 0 saturated heterocycles. The normalized spacial score (nSPS) is 10.3. The van der Waals surface area contributed by atoms with Crippen LogP contribution in [0.1, 0.15) is 10.4 Å². The standard InChI is InChI=1S/C13H7Br2F2NO/c14-8-3-7(4-10(17)5-8)13(19)18-12-6-9(16)1-2-11(12)15/h1-6H,(H,18,19). The Morgan fingerprint density at radius 3 is 2.42 bits per heavy atom. The van der Waals surface area contributed by atoms with Gasteiger partial charge in [-0.15, -0.1) is 0 Å². The Labute approximate surface area is 125 Å². The molecule has 0 aliphatic heterocycles. The van der Waals surface area contributed by atoms with Gasteiger partial charge >= 0.3 is 0 Å². The van der Waals surface area contributed by atoms with E-state index in [0.29, 0.717) is 8.95 Å². The summed E-state index contributed by atoms with van der Waals surface area (Å²) in [5.41, 5.74) is 0.424. The Morgan fingerprint density at radius 1 is 1.00 bits per heavy atom. The maximum absolute atomic E-state index is 13.2. The Bertz CT molecular complexity index is 626. The van der Waals surface area contributed by atoms with E-state index in [1.165, 1.54) is 30.3 Å². The number of hydrogen-bond acceptors (Lipinski definition) is 1. The summed E-state index contributed by atoms with van der Waals surface area (Å²) >= 11 is 6.30. The fraction of sp³-hybridized carbons (Fsp3) is 0. The first-order valence-corrected chi connectivity index (χ1v) is 6.77. The molecule has 0 heterocycles. The minimum atomic E-state index is -0.530. The van der Waals surface area contributed by atoms with E-state index >= 15 is 0 Å². The van der Waals surface area contributed by atoms with E-state index in [2.05, 4.69) is 37.2 Å². The van der Waals surface area contributed by atoms with E-state index in [9.17, 15) is 13.6 Å². The van der Waals surface area contributed by atoms with Gasteiger partial charge in [0.15, 0.2) is 0 Å². The lowest BCUT2D eigenvalue weighted by atomic mass is 10.2. The Morgan fingerprint density at radius 2 is 1.74 bits per heavy atom. The van der Waals surface area contributed by atoms with Crippen LogP contribution >= 0.6 is 31.9 Å². The van der Waals surface area contributed by atoms with Gasteiger partial charge < -0.3 is 5.32 Å². The van der Waals surface area contributed by atoms with Crippen LogP contribution in [-0.2, 0) is 0 Å². The number of carbonyl (C=O) groups is 1. The molecule has 0 aromatic heterocycles. The molecule has 2 aromatic carbocycles. The van der Waals surface area contributed by atoms with Gasteiger partial charge in [-0.3, -0.25) is 4.79 Å². The monoisotopic (exact) mass is 389 g/mol. The zero-order valence-corrected chi connectivity index (χ0v) is 12.6. The Hall–Kier alpha value is -1.27. The molecule has 0 unspecified atom stereocenters. The number of nitrogens with one attached hydrogen (secondary N) is 1. The first-order valence-electron chi connectivity index (χ1n) is 5.18. The predicted molar refractivity (Wildman–Crippen MR) is 76.2 cm³/mol. The van der Waals surface area contributed by atoms with Crippen LogP contribution in [0.3, 0.4) is 0 Å². The van der Waals surface area contributed by atoms with Crippen molar-refractivity contribution < 1.29 is 13.6 Å². The minimum absolute atomic E-state index is 0.142. The van der Waals surface area contributed by atoms with Crippen molar-refractivity contribution >= 4 is 43.5 Å². The summed E-state index contributed by atoms with van der Waals surface area (Å²) in [5.74, 6) is -1.52. The lowest BCUT2D eigenvalue weighted by Crippen LogP contribution is -2.12. The molecule has 2 rings (SSSR count). The van der Waals surface area contributed by atoms with Crippen molar-refractivity contribution in [2.24, 2.45) is 0 Å². The Balaban J connectivity index is 2.28. The fourth-order valence-electron chi connectivity index (χ4n) is 1.47. The largest absolute Gasteiger partial charge is 0.321 e. The van der Waals surface area contributed by atoms with Crippen molar-refractivity contribution in [3.63, 3.8) is 0 Å². The van der Waals surface area contributed by atoms with E-state index in [4.69, 9.17) is 0 Å². The highest BCUT2D eigenvalue weighted by molar-refractivity contribution is 9.10.